The summed E-state index contributed by atoms with van der Waals surface area (Å²) in [5, 5.41) is 0. The van der Waals surface area contributed by atoms with Crippen molar-refractivity contribution in [2.75, 3.05) is 19.7 Å². The Kier molecular flexibility index (Phi) is 6.21. The van der Waals surface area contributed by atoms with Crippen molar-refractivity contribution < 1.29 is 23.8 Å². The molecule has 30 heavy (non-hydrogen) atoms. The van der Waals surface area contributed by atoms with E-state index in [9.17, 15) is 9.59 Å². The third-order valence-corrected chi connectivity index (χ3v) is 5.71. The van der Waals surface area contributed by atoms with Gasteiger partial charge in [0.25, 0.3) is 5.91 Å². The molecular weight excluding hydrogens is 382 g/mol. The third-order valence-electron chi connectivity index (χ3n) is 5.71. The van der Waals surface area contributed by atoms with Crippen molar-refractivity contribution in [2.24, 2.45) is 5.92 Å². The number of nitrogens with zero attached hydrogens (tertiary/aromatic N) is 1. The van der Waals surface area contributed by atoms with E-state index in [1.54, 1.807) is 24.0 Å². The molecule has 0 aromatic heterocycles. The fourth-order valence-corrected chi connectivity index (χ4v) is 4.00. The van der Waals surface area contributed by atoms with E-state index >= 15 is 0 Å². The lowest BCUT2D eigenvalue weighted by atomic mass is 9.90. The summed E-state index contributed by atoms with van der Waals surface area (Å²) >= 11 is 0. The van der Waals surface area contributed by atoms with Gasteiger partial charge in [-0.2, -0.15) is 0 Å². The van der Waals surface area contributed by atoms with Crippen LogP contribution < -0.4 is 9.47 Å². The van der Waals surface area contributed by atoms with E-state index in [4.69, 9.17) is 14.2 Å². The van der Waals surface area contributed by atoms with E-state index in [2.05, 4.69) is 24.3 Å². The van der Waals surface area contributed by atoms with Crippen LogP contribution in [0, 0.1) is 5.92 Å². The van der Waals surface area contributed by atoms with Crippen molar-refractivity contribution in [3.63, 3.8) is 0 Å². The normalized spacial score (nSPS) is 19.8. The van der Waals surface area contributed by atoms with Gasteiger partial charge in [0.1, 0.15) is 6.61 Å². The number of amides is 1. The van der Waals surface area contributed by atoms with Crippen molar-refractivity contribution in [3.05, 3.63) is 60.2 Å². The predicted octanol–water partition coefficient (Wildman–Crippen LogP) is 3.24. The highest BCUT2D eigenvalue weighted by Crippen LogP contribution is 2.31. The summed E-state index contributed by atoms with van der Waals surface area (Å²) in [6.07, 6.45) is 1.24. The summed E-state index contributed by atoms with van der Waals surface area (Å²) in [5.74, 6) is 0.944. The lowest BCUT2D eigenvalue weighted by Gasteiger charge is -2.34. The zero-order chi connectivity index (χ0) is 20.9. The molecule has 2 aliphatic heterocycles. The van der Waals surface area contributed by atoms with Crippen LogP contribution in [0.25, 0.3) is 0 Å². The van der Waals surface area contributed by atoms with Crippen molar-refractivity contribution in [3.8, 4) is 11.5 Å². The minimum absolute atomic E-state index is 0.0711. The molecule has 6 heteroatoms. The molecule has 0 radical (unpaired) electrons. The fraction of sp³-hybridized carbons (Fsp3) is 0.417. The molecule has 4 rings (SSSR count). The SMILES string of the molecule is C[C@H](OC(=O)[C@H]1COc2ccccc2O1)C(=O)N1CCC(Cc2ccccc2)CC1. The van der Waals surface area contributed by atoms with Gasteiger partial charge in [0.05, 0.1) is 0 Å². The second-order valence-corrected chi connectivity index (χ2v) is 7.90. The maximum absolute atomic E-state index is 12.8. The van der Waals surface area contributed by atoms with Gasteiger partial charge in [0.15, 0.2) is 17.6 Å². The monoisotopic (exact) mass is 409 g/mol. The Bertz CT molecular complexity index is 876. The molecule has 2 atom stereocenters. The molecule has 2 aliphatic rings. The number of carbonyl (C=O) groups is 2. The highest BCUT2D eigenvalue weighted by atomic mass is 16.6. The molecule has 2 heterocycles. The standard InChI is InChI=1S/C24H27NO5/c1-17(29-24(27)22-16-28-20-9-5-6-10-21(20)30-22)23(26)25-13-11-19(12-14-25)15-18-7-3-2-4-8-18/h2-10,17,19,22H,11-16H2,1H3/t17-,22+/m0/s1. The lowest BCUT2D eigenvalue weighted by Crippen LogP contribution is -2.46. The largest absolute Gasteiger partial charge is 0.485 e. The minimum Gasteiger partial charge on any atom is -0.485 e. The second kappa shape index (κ2) is 9.20. The van der Waals surface area contributed by atoms with E-state index in [1.807, 2.05) is 18.2 Å². The molecule has 2 aromatic rings. The molecule has 158 valence electrons. The van der Waals surface area contributed by atoms with E-state index in [-0.39, 0.29) is 12.5 Å². The number of hydrogen-bond donors (Lipinski definition) is 0. The van der Waals surface area contributed by atoms with E-state index in [1.165, 1.54) is 5.56 Å². The molecule has 6 nitrogen and oxygen atoms in total. The van der Waals surface area contributed by atoms with Gasteiger partial charge in [-0.25, -0.2) is 4.79 Å². The highest BCUT2D eigenvalue weighted by molar-refractivity contribution is 5.85. The summed E-state index contributed by atoms with van der Waals surface area (Å²) < 4.78 is 16.6. The molecule has 2 aromatic carbocycles. The van der Waals surface area contributed by atoms with Gasteiger partial charge in [0.2, 0.25) is 6.10 Å². The first kappa shape index (κ1) is 20.3. The lowest BCUT2D eigenvalue weighted by molar-refractivity contribution is -0.167. The number of piperidine rings is 1. The van der Waals surface area contributed by atoms with Crippen molar-refractivity contribution in [1.29, 1.82) is 0 Å². The molecule has 0 aliphatic carbocycles. The summed E-state index contributed by atoms with van der Waals surface area (Å²) in [4.78, 5) is 27.0. The molecule has 0 bridgehead atoms. The van der Waals surface area contributed by atoms with Crippen LogP contribution in [0.4, 0.5) is 0 Å². The molecule has 0 saturated carbocycles. The molecule has 1 amide bonds. The van der Waals surface area contributed by atoms with Crippen LogP contribution in [0.1, 0.15) is 25.3 Å². The van der Waals surface area contributed by atoms with Gasteiger partial charge in [-0.1, -0.05) is 42.5 Å². The van der Waals surface area contributed by atoms with Crippen molar-refractivity contribution in [1.82, 2.24) is 4.90 Å². The Morgan fingerprint density at radius 3 is 2.43 bits per heavy atom. The first-order valence-electron chi connectivity index (χ1n) is 10.5. The average Bonchev–Trinajstić information content (AvgIpc) is 2.79. The first-order chi connectivity index (χ1) is 14.6. The van der Waals surface area contributed by atoms with Crippen LogP contribution in [0.5, 0.6) is 11.5 Å². The van der Waals surface area contributed by atoms with Crippen molar-refractivity contribution in [2.45, 2.75) is 38.4 Å². The van der Waals surface area contributed by atoms with Gasteiger partial charge in [-0.15, -0.1) is 0 Å². The summed E-state index contributed by atoms with van der Waals surface area (Å²) in [7, 11) is 0. The third kappa shape index (κ3) is 4.75. The van der Waals surface area contributed by atoms with Gasteiger partial charge in [-0.05, 0) is 49.8 Å². The average molecular weight is 409 g/mol. The van der Waals surface area contributed by atoms with Gasteiger partial charge >= 0.3 is 5.97 Å². The summed E-state index contributed by atoms with van der Waals surface area (Å²) in [6, 6.07) is 17.6. The Balaban J connectivity index is 1.25. The van der Waals surface area contributed by atoms with Crippen LogP contribution in [0.3, 0.4) is 0 Å². The molecule has 1 fully saturated rings. The van der Waals surface area contributed by atoms with Gasteiger partial charge in [-0.3, -0.25) is 4.79 Å². The molecule has 0 spiro atoms. The molecule has 0 unspecified atom stereocenters. The number of likely N-dealkylation sites (tertiary alicyclic amines) is 1. The second-order valence-electron chi connectivity index (χ2n) is 7.90. The minimum atomic E-state index is -0.869. The number of ether oxygens (including phenoxy) is 3. The number of benzene rings is 2. The summed E-state index contributed by atoms with van der Waals surface area (Å²) in [6.45, 7) is 3.07. The Morgan fingerprint density at radius 1 is 1.03 bits per heavy atom. The van der Waals surface area contributed by atoms with Crippen LogP contribution in [0.2, 0.25) is 0 Å². The maximum atomic E-state index is 12.8. The van der Waals surface area contributed by atoms with E-state index < -0.39 is 18.2 Å². The van der Waals surface area contributed by atoms with Crippen LogP contribution in [-0.2, 0) is 20.7 Å². The zero-order valence-electron chi connectivity index (χ0n) is 17.2. The number of para-hydroxylation sites is 2. The van der Waals surface area contributed by atoms with Crippen LogP contribution in [-0.4, -0.2) is 48.7 Å². The first-order valence-corrected chi connectivity index (χ1v) is 10.5. The van der Waals surface area contributed by atoms with Gasteiger partial charge in [0, 0.05) is 13.1 Å². The van der Waals surface area contributed by atoms with E-state index in [0.29, 0.717) is 30.5 Å². The van der Waals surface area contributed by atoms with Crippen LogP contribution >= 0.6 is 0 Å². The predicted molar refractivity (Wildman–Crippen MR) is 111 cm³/mol. The topological polar surface area (TPSA) is 65.1 Å². The molecule has 1 saturated heterocycles. The van der Waals surface area contributed by atoms with Gasteiger partial charge < -0.3 is 19.1 Å². The maximum Gasteiger partial charge on any atom is 0.351 e. The Hall–Kier alpha value is -3.02. The number of fused-ring (bicyclic) bond motifs is 1. The molecular formula is C24H27NO5. The number of esters is 1. The van der Waals surface area contributed by atoms with Crippen LogP contribution in [0.15, 0.2) is 54.6 Å². The quantitative estimate of drug-likeness (QED) is 0.710. The zero-order valence-corrected chi connectivity index (χ0v) is 17.2. The van der Waals surface area contributed by atoms with Crippen molar-refractivity contribution >= 4 is 11.9 Å². The number of rotatable bonds is 5. The van der Waals surface area contributed by atoms with E-state index in [0.717, 1.165) is 19.3 Å². The highest BCUT2D eigenvalue weighted by Gasteiger charge is 2.33. The Morgan fingerprint density at radius 2 is 1.70 bits per heavy atom. The number of hydrogen-bond acceptors (Lipinski definition) is 5. The summed E-state index contributed by atoms with van der Waals surface area (Å²) in [5.41, 5.74) is 1.33. The Labute approximate surface area is 176 Å². The fourth-order valence-electron chi connectivity index (χ4n) is 4.00. The number of carbonyl (C=O) groups excluding carboxylic acids is 2. The molecule has 0 N–H and O–H groups in total. The smallest absolute Gasteiger partial charge is 0.351 e.